The number of carboxylic acid groups (broad SMARTS) is 1. The number of carbonyl (C=O) groups is 2. The highest BCUT2D eigenvalue weighted by molar-refractivity contribution is 5.91. The van der Waals surface area contributed by atoms with E-state index in [1.54, 1.807) is 0 Å². The molecule has 1 saturated heterocycles. The van der Waals surface area contributed by atoms with Crippen LogP contribution >= 0.6 is 0 Å². The lowest BCUT2D eigenvalue weighted by atomic mass is 10.1. The van der Waals surface area contributed by atoms with Crippen LogP contribution < -0.4 is 5.32 Å². The minimum Gasteiger partial charge on any atom is -0.480 e. The topological polar surface area (TPSA) is 100 Å². The Morgan fingerprint density at radius 1 is 1.58 bits per heavy atom. The molecule has 8 heteroatoms. The van der Waals surface area contributed by atoms with Gasteiger partial charge < -0.3 is 15.3 Å². The average molecular weight is 267 g/mol. The fourth-order valence-corrected chi connectivity index (χ4v) is 2.14. The second-order valence-corrected chi connectivity index (χ2v) is 4.82. The fourth-order valence-electron chi connectivity index (χ4n) is 2.14. The van der Waals surface area contributed by atoms with Gasteiger partial charge in [0, 0.05) is 13.1 Å². The molecule has 104 valence electrons. The number of nitrogens with zero attached hydrogens (tertiary/aromatic N) is 4. The summed E-state index contributed by atoms with van der Waals surface area (Å²) in [4.78, 5) is 24.5. The molecule has 2 N–H and O–H groups in total. The monoisotopic (exact) mass is 267 g/mol. The van der Waals surface area contributed by atoms with Gasteiger partial charge in [-0.15, -0.1) is 5.10 Å². The highest BCUT2D eigenvalue weighted by atomic mass is 16.4. The van der Waals surface area contributed by atoms with Gasteiger partial charge in [-0.1, -0.05) is 5.21 Å². The summed E-state index contributed by atoms with van der Waals surface area (Å²) in [5, 5.41) is 18.6. The maximum atomic E-state index is 11.8. The van der Waals surface area contributed by atoms with Gasteiger partial charge in [-0.05, 0) is 25.9 Å². The molecule has 1 unspecified atom stereocenters. The van der Waals surface area contributed by atoms with E-state index >= 15 is 0 Å². The zero-order valence-electron chi connectivity index (χ0n) is 10.7. The zero-order chi connectivity index (χ0) is 13.8. The number of likely N-dealkylation sites (tertiary alicyclic amines) is 1. The Hall–Kier alpha value is -1.96. The first-order chi connectivity index (χ1) is 9.04. The number of amides is 1. The average Bonchev–Trinajstić information content (AvgIpc) is 2.95. The fraction of sp³-hybridized carbons (Fsp3) is 0.636. The van der Waals surface area contributed by atoms with E-state index in [4.69, 9.17) is 5.11 Å². The molecule has 1 aromatic heterocycles. The van der Waals surface area contributed by atoms with Crippen LogP contribution in [0, 0.1) is 5.92 Å². The van der Waals surface area contributed by atoms with E-state index in [1.165, 1.54) is 6.20 Å². The Labute approximate surface area is 110 Å². The first-order valence-electron chi connectivity index (χ1n) is 6.13. The summed E-state index contributed by atoms with van der Waals surface area (Å²) in [6.45, 7) is 2.34. The molecular weight excluding hydrogens is 250 g/mol. The minimum atomic E-state index is -1.02. The molecule has 19 heavy (non-hydrogen) atoms. The van der Waals surface area contributed by atoms with Gasteiger partial charge in [-0.3, -0.25) is 9.59 Å². The van der Waals surface area contributed by atoms with Gasteiger partial charge in [-0.25, -0.2) is 4.68 Å². The molecule has 1 aromatic rings. The molecule has 1 atom stereocenters. The molecule has 0 aromatic carbocycles. The highest BCUT2D eigenvalue weighted by Crippen LogP contribution is 2.12. The van der Waals surface area contributed by atoms with Crippen LogP contribution in [0.4, 0.5) is 0 Å². The molecule has 8 nitrogen and oxygen atoms in total. The van der Waals surface area contributed by atoms with Gasteiger partial charge in [0.15, 0.2) is 5.69 Å². The largest absolute Gasteiger partial charge is 0.480 e. The van der Waals surface area contributed by atoms with Gasteiger partial charge in [0.2, 0.25) is 0 Å². The molecule has 0 radical (unpaired) electrons. The van der Waals surface area contributed by atoms with Crippen molar-refractivity contribution in [2.75, 3.05) is 26.7 Å². The summed E-state index contributed by atoms with van der Waals surface area (Å²) in [7, 11) is 2.05. The van der Waals surface area contributed by atoms with Crippen molar-refractivity contribution in [2.24, 2.45) is 5.92 Å². The third-order valence-corrected chi connectivity index (χ3v) is 3.11. The van der Waals surface area contributed by atoms with Gasteiger partial charge in [0.05, 0.1) is 6.20 Å². The van der Waals surface area contributed by atoms with Crippen molar-refractivity contribution in [3.63, 3.8) is 0 Å². The Bertz CT molecular complexity index is 473. The van der Waals surface area contributed by atoms with Crippen LogP contribution in [-0.2, 0) is 11.3 Å². The SMILES string of the molecule is CN1CCC(CNC(=O)c2cn(CC(=O)O)nn2)C1. The molecule has 2 rings (SSSR count). The predicted octanol–water partition coefficient (Wildman–Crippen LogP) is -0.956. The number of nitrogens with one attached hydrogen (secondary N) is 1. The first-order valence-corrected chi connectivity index (χ1v) is 6.13. The third kappa shape index (κ3) is 3.75. The predicted molar refractivity (Wildman–Crippen MR) is 65.6 cm³/mol. The van der Waals surface area contributed by atoms with E-state index in [0.29, 0.717) is 12.5 Å². The van der Waals surface area contributed by atoms with Crippen LogP contribution in [0.1, 0.15) is 16.9 Å². The molecule has 0 bridgehead atoms. The summed E-state index contributed by atoms with van der Waals surface area (Å²) in [5.41, 5.74) is 0.146. The Kier molecular flexibility index (Phi) is 4.10. The number of hydrogen-bond donors (Lipinski definition) is 2. The van der Waals surface area contributed by atoms with E-state index in [-0.39, 0.29) is 18.1 Å². The summed E-state index contributed by atoms with van der Waals surface area (Å²) in [5.74, 6) is -0.875. The van der Waals surface area contributed by atoms with Crippen molar-refractivity contribution in [3.8, 4) is 0 Å². The molecule has 2 heterocycles. The molecular formula is C11H17N5O3. The number of aliphatic carboxylic acids is 1. The Balaban J connectivity index is 1.82. The van der Waals surface area contributed by atoms with Gasteiger partial charge in [0.25, 0.3) is 5.91 Å². The molecule has 1 aliphatic heterocycles. The molecule has 0 spiro atoms. The van der Waals surface area contributed by atoms with Gasteiger partial charge >= 0.3 is 5.97 Å². The Morgan fingerprint density at radius 3 is 3.00 bits per heavy atom. The summed E-state index contributed by atoms with van der Waals surface area (Å²) >= 11 is 0. The highest BCUT2D eigenvalue weighted by Gasteiger charge is 2.20. The number of aromatic nitrogens is 3. The lowest BCUT2D eigenvalue weighted by Crippen LogP contribution is -2.30. The maximum Gasteiger partial charge on any atom is 0.325 e. The maximum absolute atomic E-state index is 11.8. The van der Waals surface area contributed by atoms with E-state index in [9.17, 15) is 9.59 Å². The van der Waals surface area contributed by atoms with Crippen LogP contribution in [0.5, 0.6) is 0 Å². The van der Waals surface area contributed by atoms with Gasteiger partial charge in [0.1, 0.15) is 6.54 Å². The lowest BCUT2D eigenvalue weighted by Gasteiger charge is -2.10. The van der Waals surface area contributed by atoms with Crippen LogP contribution in [0.2, 0.25) is 0 Å². The number of carbonyl (C=O) groups excluding carboxylic acids is 1. The van der Waals surface area contributed by atoms with E-state index in [1.807, 2.05) is 0 Å². The van der Waals surface area contributed by atoms with E-state index in [0.717, 1.165) is 24.2 Å². The summed E-state index contributed by atoms with van der Waals surface area (Å²) in [6.07, 6.45) is 2.41. The van der Waals surface area contributed by atoms with Gasteiger partial charge in [-0.2, -0.15) is 0 Å². The molecule has 1 aliphatic rings. The van der Waals surface area contributed by atoms with Crippen molar-refractivity contribution in [3.05, 3.63) is 11.9 Å². The van der Waals surface area contributed by atoms with Crippen molar-refractivity contribution in [1.82, 2.24) is 25.2 Å². The van der Waals surface area contributed by atoms with Crippen molar-refractivity contribution in [2.45, 2.75) is 13.0 Å². The van der Waals surface area contributed by atoms with E-state index in [2.05, 4.69) is 27.6 Å². The molecule has 1 fully saturated rings. The summed E-state index contributed by atoms with van der Waals surface area (Å²) in [6, 6.07) is 0. The number of carboxylic acids is 1. The molecule has 0 saturated carbocycles. The van der Waals surface area contributed by atoms with Crippen molar-refractivity contribution >= 4 is 11.9 Å². The second kappa shape index (κ2) is 5.79. The van der Waals surface area contributed by atoms with Crippen LogP contribution in [0.3, 0.4) is 0 Å². The van der Waals surface area contributed by atoms with Crippen molar-refractivity contribution < 1.29 is 14.7 Å². The standard InChI is InChI=1S/C11H17N5O3/c1-15-3-2-8(5-15)4-12-11(19)9-6-16(14-13-9)7-10(17)18/h6,8H,2-5,7H2,1H3,(H,12,19)(H,17,18). The quantitative estimate of drug-likeness (QED) is 0.713. The Morgan fingerprint density at radius 2 is 2.37 bits per heavy atom. The lowest BCUT2D eigenvalue weighted by molar-refractivity contribution is -0.137. The summed E-state index contributed by atoms with van der Waals surface area (Å²) < 4.78 is 1.13. The minimum absolute atomic E-state index is 0.146. The van der Waals surface area contributed by atoms with Crippen LogP contribution in [0.15, 0.2) is 6.20 Å². The first kappa shape index (κ1) is 13.5. The van der Waals surface area contributed by atoms with Crippen molar-refractivity contribution in [1.29, 1.82) is 0 Å². The smallest absolute Gasteiger partial charge is 0.325 e. The van der Waals surface area contributed by atoms with E-state index < -0.39 is 5.97 Å². The normalized spacial score (nSPS) is 19.5. The van der Waals surface area contributed by atoms with Crippen LogP contribution in [-0.4, -0.2) is 63.6 Å². The molecule has 0 aliphatic carbocycles. The number of rotatable bonds is 5. The third-order valence-electron chi connectivity index (χ3n) is 3.11. The molecule has 1 amide bonds. The van der Waals surface area contributed by atoms with Crippen LogP contribution in [0.25, 0.3) is 0 Å². The zero-order valence-corrected chi connectivity index (χ0v) is 10.7. The number of hydrogen-bond acceptors (Lipinski definition) is 5. The second-order valence-electron chi connectivity index (χ2n) is 4.82.